The second-order valence-electron chi connectivity index (χ2n) is 6.74. The average molecular weight is 351 g/mol. The van der Waals surface area contributed by atoms with Crippen LogP contribution in [0.1, 0.15) is 51.1 Å². The largest absolute Gasteiger partial charge is 0.371 e. The SMILES string of the molecule is CCCNC(C)c1ccc(N2CC3CCCC3C2)cc1Br. The van der Waals surface area contributed by atoms with Gasteiger partial charge in [0.05, 0.1) is 0 Å². The lowest BCUT2D eigenvalue weighted by Crippen LogP contribution is -2.22. The van der Waals surface area contributed by atoms with E-state index < -0.39 is 0 Å². The lowest BCUT2D eigenvalue weighted by atomic mass is 10.0. The molecule has 0 radical (unpaired) electrons. The molecular weight excluding hydrogens is 324 g/mol. The standard InChI is InChI=1S/C18H27BrN2/c1-3-9-20-13(2)17-8-7-16(10-18(17)19)21-11-14-5-4-6-15(14)12-21/h7-8,10,13-15,20H,3-6,9,11-12H2,1-2H3. The molecular formula is C18H27BrN2. The Kier molecular flexibility index (Phi) is 4.90. The van der Waals surface area contributed by atoms with E-state index in [0.717, 1.165) is 18.4 Å². The molecule has 2 nitrogen and oxygen atoms in total. The van der Waals surface area contributed by atoms with Crippen molar-refractivity contribution in [2.24, 2.45) is 11.8 Å². The number of hydrogen-bond acceptors (Lipinski definition) is 2. The van der Waals surface area contributed by atoms with Crippen molar-refractivity contribution >= 4 is 21.6 Å². The highest BCUT2D eigenvalue weighted by Gasteiger charge is 2.36. The predicted octanol–water partition coefficient (Wildman–Crippen LogP) is 4.75. The minimum Gasteiger partial charge on any atom is -0.371 e. The van der Waals surface area contributed by atoms with Crippen LogP contribution < -0.4 is 10.2 Å². The van der Waals surface area contributed by atoms with E-state index in [9.17, 15) is 0 Å². The molecule has 2 aliphatic rings. The summed E-state index contributed by atoms with van der Waals surface area (Å²) in [6.45, 7) is 8.06. The molecule has 0 amide bonds. The summed E-state index contributed by atoms with van der Waals surface area (Å²) in [5, 5.41) is 3.57. The normalized spacial score (nSPS) is 26.1. The highest BCUT2D eigenvalue weighted by Crippen LogP contribution is 2.40. The molecule has 1 heterocycles. The Hall–Kier alpha value is -0.540. The first kappa shape index (κ1) is 15.4. The maximum atomic E-state index is 3.78. The third-order valence-electron chi connectivity index (χ3n) is 5.24. The fourth-order valence-corrected chi connectivity index (χ4v) is 4.69. The molecule has 2 fully saturated rings. The van der Waals surface area contributed by atoms with Crippen molar-refractivity contribution in [3.63, 3.8) is 0 Å². The van der Waals surface area contributed by atoms with E-state index in [1.807, 2.05) is 0 Å². The molecule has 1 aromatic carbocycles. The zero-order valence-corrected chi connectivity index (χ0v) is 14.8. The first-order chi connectivity index (χ1) is 10.2. The monoisotopic (exact) mass is 350 g/mol. The van der Waals surface area contributed by atoms with Crippen LogP contribution in [-0.4, -0.2) is 19.6 Å². The van der Waals surface area contributed by atoms with Crippen molar-refractivity contribution in [2.75, 3.05) is 24.5 Å². The summed E-state index contributed by atoms with van der Waals surface area (Å²) in [5.41, 5.74) is 2.76. The third kappa shape index (κ3) is 3.29. The summed E-state index contributed by atoms with van der Waals surface area (Å²) in [5.74, 6) is 1.90. The van der Waals surface area contributed by atoms with Crippen molar-refractivity contribution < 1.29 is 0 Å². The van der Waals surface area contributed by atoms with Gasteiger partial charge in [0.1, 0.15) is 0 Å². The number of anilines is 1. The van der Waals surface area contributed by atoms with Gasteiger partial charge >= 0.3 is 0 Å². The van der Waals surface area contributed by atoms with E-state index in [-0.39, 0.29) is 0 Å². The molecule has 1 aromatic rings. The smallest absolute Gasteiger partial charge is 0.0377 e. The van der Waals surface area contributed by atoms with Gasteiger partial charge in [-0.3, -0.25) is 0 Å². The number of benzene rings is 1. The molecule has 0 aromatic heterocycles. The van der Waals surface area contributed by atoms with Gasteiger partial charge in [-0.05, 0) is 62.3 Å². The molecule has 21 heavy (non-hydrogen) atoms. The first-order valence-corrected chi connectivity index (χ1v) is 9.26. The van der Waals surface area contributed by atoms with E-state index in [4.69, 9.17) is 0 Å². The Balaban J connectivity index is 1.69. The molecule has 1 saturated carbocycles. The Bertz CT molecular complexity index is 476. The number of hydrogen-bond donors (Lipinski definition) is 1. The van der Waals surface area contributed by atoms with Crippen LogP contribution >= 0.6 is 15.9 Å². The Morgan fingerprint density at radius 3 is 2.62 bits per heavy atom. The van der Waals surface area contributed by atoms with E-state index in [1.165, 1.54) is 54.5 Å². The van der Waals surface area contributed by atoms with Crippen LogP contribution in [0.2, 0.25) is 0 Å². The summed E-state index contributed by atoms with van der Waals surface area (Å²) >= 11 is 3.78. The number of halogens is 1. The number of nitrogens with one attached hydrogen (secondary N) is 1. The second-order valence-corrected chi connectivity index (χ2v) is 7.59. The van der Waals surface area contributed by atoms with Gasteiger partial charge in [-0.2, -0.15) is 0 Å². The van der Waals surface area contributed by atoms with Crippen molar-refractivity contribution in [2.45, 2.75) is 45.6 Å². The lowest BCUT2D eigenvalue weighted by Gasteiger charge is -2.22. The molecule has 116 valence electrons. The van der Waals surface area contributed by atoms with Gasteiger partial charge in [0.25, 0.3) is 0 Å². The van der Waals surface area contributed by atoms with Gasteiger partial charge in [0, 0.05) is 29.3 Å². The van der Waals surface area contributed by atoms with Gasteiger partial charge in [-0.15, -0.1) is 0 Å². The fraction of sp³-hybridized carbons (Fsp3) is 0.667. The molecule has 1 saturated heterocycles. The topological polar surface area (TPSA) is 15.3 Å². The van der Waals surface area contributed by atoms with Gasteiger partial charge in [-0.1, -0.05) is 35.3 Å². The number of rotatable bonds is 5. The quantitative estimate of drug-likeness (QED) is 0.824. The van der Waals surface area contributed by atoms with Crippen LogP contribution in [0.15, 0.2) is 22.7 Å². The molecule has 3 heteroatoms. The van der Waals surface area contributed by atoms with Crippen LogP contribution in [0.3, 0.4) is 0 Å². The van der Waals surface area contributed by atoms with Crippen LogP contribution in [0.25, 0.3) is 0 Å². The van der Waals surface area contributed by atoms with Gasteiger partial charge < -0.3 is 10.2 Å². The molecule has 1 N–H and O–H groups in total. The van der Waals surface area contributed by atoms with Crippen molar-refractivity contribution in [1.82, 2.24) is 5.32 Å². The molecule has 0 bridgehead atoms. The van der Waals surface area contributed by atoms with Crippen LogP contribution in [0, 0.1) is 11.8 Å². The Morgan fingerprint density at radius 1 is 1.29 bits per heavy atom. The summed E-state index contributed by atoms with van der Waals surface area (Å²) in [6.07, 6.45) is 5.51. The summed E-state index contributed by atoms with van der Waals surface area (Å²) < 4.78 is 1.24. The van der Waals surface area contributed by atoms with Crippen LogP contribution in [0.4, 0.5) is 5.69 Å². The molecule has 3 atom stereocenters. The molecule has 3 unspecified atom stereocenters. The summed E-state index contributed by atoms with van der Waals surface area (Å²) in [6, 6.07) is 7.33. The maximum Gasteiger partial charge on any atom is 0.0377 e. The average Bonchev–Trinajstić information content (AvgIpc) is 3.05. The number of fused-ring (bicyclic) bond motifs is 1. The highest BCUT2D eigenvalue weighted by molar-refractivity contribution is 9.10. The first-order valence-electron chi connectivity index (χ1n) is 8.46. The minimum atomic E-state index is 0.409. The van der Waals surface area contributed by atoms with Crippen molar-refractivity contribution in [3.8, 4) is 0 Å². The second kappa shape index (κ2) is 6.70. The van der Waals surface area contributed by atoms with Gasteiger partial charge in [0.15, 0.2) is 0 Å². The minimum absolute atomic E-state index is 0.409. The summed E-state index contributed by atoms with van der Waals surface area (Å²) in [4.78, 5) is 2.59. The van der Waals surface area contributed by atoms with E-state index in [1.54, 1.807) is 0 Å². The molecule has 0 spiro atoms. The third-order valence-corrected chi connectivity index (χ3v) is 5.93. The maximum absolute atomic E-state index is 3.78. The van der Waals surface area contributed by atoms with Crippen molar-refractivity contribution in [1.29, 1.82) is 0 Å². The lowest BCUT2D eigenvalue weighted by molar-refractivity contribution is 0.494. The zero-order valence-electron chi connectivity index (χ0n) is 13.2. The van der Waals surface area contributed by atoms with Crippen molar-refractivity contribution in [3.05, 3.63) is 28.2 Å². The highest BCUT2D eigenvalue weighted by atomic mass is 79.9. The van der Waals surface area contributed by atoms with Gasteiger partial charge in [-0.25, -0.2) is 0 Å². The summed E-state index contributed by atoms with van der Waals surface area (Å²) in [7, 11) is 0. The predicted molar refractivity (Wildman–Crippen MR) is 93.9 cm³/mol. The Labute approximate surface area is 137 Å². The molecule has 1 aliphatic heterocycles. The number of nitrogens with zero attached hydrogens (tertiary/aromatic N) is 1. The molecule has 3 rings (SSSR count). The van der Waals surface area contributed by atoms with Crippen LogP contribution in [-0.2, 0) is 0 Å². The van der Waals surface area contributed by atoms with E-state index >= 15 is 0 Å². The molecule has 1 aliphatic carbocycles. The van der Waals surface area contributed by atoms with E-state index in [2.05, 4.69) is 58.2 Å². The van der Waals surface area contributed by atoms with E-state index in [0.29, 0.717) is 6.04 Å². The van der Waals surface area contributed by atoms with Crippen LogP contribution in [0.5, 0.6) is 0 Å². The zero-order chi connectivity index (χ0) is 14.8. The Morgan fingerprint density at radius 2 is 2.00 bits per heavy atom. The van der Waals surface area contributed by atoms with Gasteiger partial charge in [0.2, 0.25) is 0 Å². The fourth-order valence-electron chi connectivity index (χ4n) is 3.98.